The molecule has 2 aromatic rings. The van der Waals surface area contributed by atoms with Crippen LogP contribution >= 0.6 is 0 Å². The van der Waals surface area contributed by atoms with E-state index in [1.807, 2.05) is 26.0 Å². The first-order chi connectivity index (χ1) is 12.6. The van der Waals surface area contributed by atoms with Gasteiger partial charge in [0.2, 0.25) is 0 Å². The minimum Gasteiger partial charge on any atom is -0.376 e. The topological polar surface area (TPSA) is 67.4 Å². The molecule has 1 heterocycles. The zero-order valence-electron chi connectivity index (χ0n) is 15.2. The first kappa shape index (κ1) is 18.1. The van der Waals surface area contributed by atoms with Crippen molar-refractivity contribution >= 4 is 17.5 Å². The number of carbonyl (C=O) groups excluding carboxylic acids is 2. The zero-order valence-corrected chi connectivity index (χ0v) is 15.2. The number of ether oxygens (including phenoxy) is 1. The summed E-state index contributed by atoms with van der Waals surface area (Å²) in [7, 11) is 0. The number of hydrogen-bond donors (Lipinski definition) is 2. The number of anilines is 1. The third-order valence-electron chi connectivity index (χ3n) is 4.78. The van der Waals surface area contributed by atoms with Gasteiger partial charge in [0.1, 0.15) is 0 Å². The first-order valence-corrected chi connectivity index (χ1v) is 8.92. The molecule has 5 heteroatoms. The van der Waals surface area contributed by atoms with E-state index in [1.165, 1.54) is 0 Å². The summed E-state index contributed by atoms with van der Waals surface area (Å²) >= 11 is 0. The van der Waals surface area contributed by atoms with Crippen molar-refractivity contribution in [1.82, 2.24) is 5.32 Å². The second-order valence-electron chi connectivity index (χ2n) is 6.59. The maximum Gasteiger partial charge on any atom is 0.255 e. The molecule has 0 aromatic heterocycles. The van der Waals surface area contributed by atoms with Gasteiger partial charge in [0, 0.05) is 18.7 Å². The lowest BCUT2D eigenvalue weighted by atomic mass is 10.0. The van der Waals surface area contributed by atoms with Gasteiger partial charge in [-0.1, -0.05) is 24.3 Å². The van der Waals surface area contributed by atoms with E-state index in [9.17, 15) is 9.59 Å². The minimum absolute atomic E-state index is 0.0793. The van der Waals surface area contributed by atoms with E-state index in [4.69, 9.17) is 4.74 Å². The van der Waals surface area contributed by atoms with E-state index in [2.05, 4.69) is 10.6 Å². The van der Waals surface area contributed by atoms with Gasteiger partial charge in [0.25, 0.3) is 11.8 Å². The third-order valence-corrected chi connectivity index (χ3v) is 4.78. The Morgan fingerprint density at radius 2 is 1.81 bits per heavy atom. The summed E-state index contributed by atoms with van der Waals surface area (Å²) in [6, 6.07) is 12.7. The summed E-state index contributed by atoms with van der Waals surface area (Å²) in [5.41, 5.74) is 3.55. The van der Waals surface area contributed by atoms with Gasteiger partial charge in [0.05, 0.1) is 17.4 Å². The van der Waals surface area contributed by atoms with Crippen LogP contribution in [0.25, 0.3) is 0 Å². The van der Waals surface area contributed by atoms with Crippen molar-refractivity contribution in [3.8, 4) is 0 Å². The van der Waals surface area contributed by atoms with Crippen LogP contribution in [-0.2, 0) is 4.74 Å². The highest BCUT2D eigenvalue weighted by Crippen LogP contribution is 2.19. The highest BCUT2D eigenvalue weighted by Gasteiger charge is 2.19. The maximum absolute atomic E-state index is 12.7. The fourth-order valence-corrected chi connectivity index (χ4v) is 3.08. The van der Waals surface area contributed by atoms with Crippen molar-refractivity contribution in [1.29, 1.82) is 0 Å². The van der Waals surface area contributed by atoms with Gasteiger partial charge in [-0.05, 0) is 56.0 Å². The highest BCUT2D eigenvalue weighted by molar-refractivity contribution is 6.09. The van der Waals surface area contributed by atoms with Crippen LogP contribution < -0.4 is 10.6 Å². The molecular formula is C21H24N2O3. The Labute approximate surface area is 153 Å². The molecule has 2 aromatic carbocycles. The average Bonchev–Trinajstić information content (AvgIpc) is 3.16. The monoisotopic (exact) mass is 352 g/mol. The van der Waals surface area contributed by atoms with Crippen molar-refractivity contribution in [2.24, 2.45) is 0 Å². The minimum atomic E-state index is -0.217. The molecule has 1 saturated heterocycles. The Hall–Kier alpha value is -2.66. The average molecular weight is 352 g/mol. The molecule has 1 aliphatic heterocycles. The van der Waals surface area contributed by atoms with E-state index >= 15 is 0 Å². The summed E-state index contributed by atoms with van der Waals surface area (Å²) in [5.74, 6) is -0.428. The van der Waals surface area contributed by atoms with Gasteiger partial charge in [-0.3, -0.25) is 9.59 Å². The van der Waals surface area contributed by atoms with E-state index in [0.717, 1.165) is 30.6 Å². The van der Waals surface area contributed by atoms with E-state index in [1.54, 1.807) is 30.3 Å². The zero-order chi connectivity index (χ0) is 18.5. The summed E-state index contributed by atoms with van der Waals surface area (Å²) in [5, 5.41) is 5.77. The molecule has 26 heavy (non-hydrogen) atoms. The highest BCUT2D eigenvalue weighted by atomic mass is 16.5. The molecule has 1 atom stereocenters. The number of para-hydroxylation sites is 1. The Kier molecular flexibility index (Phi) is 5.68. The number of nitrogens with one attached hydrogen (secondary N) is 2. The summed E-state index contributed by atoms with van der Waals surface area (Å²) < 4.78 is 5.53. The molecule has 1 unspecified atom stereocenters. The van der Waals surface area contributed by atoms with E-state index in [-0.39, 0.29) is 17.9 Å². The lowest BCUT2D eigenvalue weighted by molar-refractivity contribution is 0.0858. The lowest BCUT2D eigenvalue weighted by Gasteiger charge is -2.14. The molecule has 2 N–H and O–H groups in total. The molecule has 1 aliphatic rings. The second kappa shape index (κ2) is 8.15. The van der Waals surface area contributed by atoms with E-state index in [0.29, 0.717) is 23.4 Å². The van der Waals surface area contributed by atoms with Crippen LogP contribution in [0.15, 0.2) is 42.5 Å². The Morgan fingerprint density at radius 3 is 2.58 bits per heavy atom. The Balaban J connectivity index is 1.73. The number of amides is 2. The first-order valence-electron chi connectivity index (χ1n) is 8.92. The van der Waals surface area contributed by atoms with Crippen molar-refractivity contribution in [2.45, 2.75) is 32.8 Å². The van der Waals surface area contributed by atoms with Crippen LogP contribution in [0.1, 0.15) is 44.7 Å². The number of carbonyl (C=O) groups is 2. The molecule has 0 spiro atoms. The van der Waals surface area contributed by atoms with Gasteiger partial charge < -0.3 is 15.4 Å². The van der Waals surface area contributed by atoms with Gasteiger partial charge in [-0.2, -0.15) is 0 Å². The Morgan fingerprint density at radius 1 is 1.04 bits per heavy atom. The predicted molar refractivity (Wildman–Crippen MR) is 102 cm³/mol. The summed E-state index contributed by atoms with van der Waals surface area (Å²) in [6.45, 7) is 5.13. The quantitative estimate of drug-likeness (QED) is 0.866. The molecule has 136 valence electrons. The largest absolute Gasteiger partial charge is 0.376 e. The number of hydrogen-bond acceptors (Lipinski definition) is 3. The predicted octanol–water partition coefficient (Wildman–Crippen LogP) is 3.46. The molecular weight excluding hydrogens is 328 g/mol. The van der Waals surface area contributed by atoms with Gasteiger partial charge in [0.15, 0.2) is 0 Å². The summed E-state index contributed by atoms with van der Waals surface area (Å²) in [6.07, 6.45) is 2.07. The number of benzene rings is 2. The van der Waals surface area contributed by atoms with Crippen LogP contribution in [-0.4, -0.2) is 31.1 Å². The smallest absolute Gasteiger partial charge is 0.255 e. The summed E-state index contributed by atoms with van der Waals surface area (Å²) in [4.78, 5) is 25.2. The van der Waals surface area contributed by atoms with Crippen molar-refractivity contribution in [3.05, 3.63) is 64.7 Å². The number of rotatable bonds is 5. The SMILES string of the molecule is Cc1cccc(C(=O)Nc2ccccc2C(=O)NCC2CCCO2)c1C. The van der Waals surface area contributed by atoms with Crippen LogP contribution in [0.4, 0.5) is 5.69 Å². The fourth-order valence-electron chi connectivity index (χ4n) is 3.08. The molecule has 5 nitrogen and oxygen atoms in total. The number of aryl methyl sites for hydroxylation is 1. The van der Waals surface area contributed by atoms with Crippen molar-refractivity contribution in [2.75, 3.05) is 18.5 Å². The van der Waals surface area contributed by atoms with Crippen LogP contribution in [0, 0.1) is 13.8 Å². The molecule has 2 amide bonds. The van der Waals surface area contributed by atoms with Crippen LogP contribution in [0.2, 0.25) is 0 Å². The van der Waals surface area contributed by atoms with Gasteiger partial charge in [-0.15, -0.1) is 0 Å². The molecule has 0 bridgehead atoms. The maximum atomic E-state index is 12.7. The van der Waals surface area contributed by atoms with Crippen LogP contribution in [0.5, 0.6) is 0 Å². The molecule has 0 radical (unpaired) electrons. The normalized spacial score (nSPS) is 16.3. The van der Waals surface area contributed by atoms with Crippen molar-refractivity contribution in [3.63, 3.8) is 0 Å². The van der Waals surface area contributed by atoms with Gasteiger partial charge >= 0.3 is 0 Å². The fraction of sp³-hybridized carbons (Fsp3) is 0.333. The van der Waals surface area contributed by atoms with Gasteiger partial charge in [-0.25, -0.2) is 0 Å². The molecule has 1 fully saturated rings. The molecule has 0 saturated carbocycles. The second-order valence-corrected chi connectivity index (χ2v) is 6.59. The molecule has 3 rings (SSSR count). The third kappa shape index (κ3) is 4.11. The Bertz CT molecular complexity index is 811. The van der Waals surface area contributed by atoms with Crippen LogP contribution in [0.3, 0.4) is 0 Å². The van der Waals surface area contributed by atoms with E-state index < -0.39 is 0 Å². The molecule has 0 aliphatic carbocycles. The van der Waals surface area contributed by atoms with Crippen molar-refractivity contribution < 1.29 is 14.3 Å². The lowest BCUT2D eigenvalue weighted by Crippen LogP contribution is -2.32. The standard InChI is InChI=1S/C21H24N2O3/c1-14-7-5-10-17(15(14)2)21(25)23-19-11-4-3-9-18(19)20(24)22-13-16-8-6-12-26-16/h3-5,7,9-11,16H,6,8,12-13H2,1-2H3,(H,22,24)(H,23,25).